The number of aryl methyl sites for hydroxylation is 1. The van der Waals surface area contributed by atoms with Crippen LogP contribution in [0.25, 0.3) is 43.4 Å². The minimum absolute atomic E-state index is 0.0252. The Morgan fingerprint density at radius 1 is 0.710 bits per heavy atom. The number of carbonyl (C=O) groups excluding carboxylic acids is 7. The van der Waals surface area contributed by atoms with E-state index in [2.05, 4.69) is 41.5 Å². The van der Waals surface area contributed by atoms with Crippen molar-refractivity contribution >= 4 is 115 Å². The molecule has 2 aromatic carbocycles. The third-order valence-corrected chi connectivity index (χ3v) is 20.6. The molecule has 33 heteroatoms. The van der Waals surface area contributed by atoms with Crippen molar-refractivity contribution in [2.75, 3.05) is 13.1 Å². The molecule has 0 spiro atoms. The number of pyridine rings is 1. The number of carboxylic acids is 1. The van der Waals surface area contributed by atoms with Gasteiger partial charge in [0.15, 0.2) is 0 Å². The molecule has 7 aromatic heterocycles. The van der Waals surface area contributed by atoms with Crippen molar-refractivity contribution < 1.29 is 63.9 Å². The van der Waals surface area contributed by atoms with Crippen LogP contribution in [-0.2, 0) is 25.6 Å². The first-order chi connectivity index (χ1) is 44.4. The molecule has 9 heterocycles. The van der Waals surface area contributed by atoms with Gasteiger partial charge in [0.2, 0.25) is 17.7 Å². The number of fused-ring (bicyclic) bond motifs is 16. The Morgan fingerprint density at radius 2 is 1.34 bits per heavy atom. The number of nitrogens with zero attached hydrogens (tertiary/aromatic N) is 8. The molecule has 1 saturated heterocycles. The molecule has 10 bridgehead atoms. The monoisotopic (exact) mass is 1370 g/mol. The minimum atomic E-state index is -1.84. The number of carboxylic acid groups (broad SMARTS) is 1. The van der Waals surface area contributed by atoms with Crippen LogP contribution >= 0.6 is 68.0 Å². The van der Waals surface area contributed by atoms with Crippen LogP contribution in [0.2, 0.25) is 0 Å². The largest absolute Gasteiger partial charge is 0.508 e. The van der Waals surface area contributed by atoms with Crippen LogP contribution in [0.15, 0.2) is 93.6 Å². The van der Waals surface area contributed by atoms with Gasteiger partial charge in [-0.25, -0.2) is 34.9 Å². The van der Waals surface area contributed by atoms with Crippen LogP contribution in [0.3, 0.4) is 0 Å². The van der Waals surface area contributed by atoms with Gasteiger partial charge in [0.05, 0.1) is 35.9 Å². The fraction of sp³-hybridized carbons (Fsp3) is 0.283. The molecule has 27 nitrogen and oxygen atoms in total. The summed E-state index contributed by atoms with van der Waals surface area (Å²) >= 11 is 6.52. The Kier molecular flexibility index (Phi) is 19.1. The van der Waals surface area contributed by atoms with E-state index in [1.165, 1.54) is 69.7 Å². The molecule has 0 saturated carbocycles. The Hall–Kier alpha value is -9.19. The molecule has 0 aliphatic carbocycles. The van der Waals surface area contributed by atoms with E-state index in [4.69, 9.17) is 30.8 Å². The van der Waals surface area contributed by atoms with Crippen molar-refractivity contribution in [1.82, 2.24) is 66.4 Å². The van der Waals surface area contributed by atoms with E-state index in [1.807, 2.05) is 0 Å². The fourth-order valence-electron chi connectivity index (χ4n) is 10.3. The number of phenolic OH excluding ortho intramolecular Hbond substituents is 1. The summed E-state index contributed by atoms with van der Waals surface area (Å²) in [6.45, 7) is 5.04. The minimum Gasteiger partial charge on any atom is -0.508 e. The number of hydrogen-bond donors (Lipinski definition) is 11. The van der Waals surface area contributed by atoms with Crippen LogP contribution in [0.1, 0.15) is 124 Å². The first-order valence-electron chi connectivity index (χ1n) is 28.4. The normalized spacial score (nSPS) is 19.3. The number of thiazole rings is 6. The van der Waals surface area contributed by atoms with Gasteiger partial charge in [-0.2, -0.15) is 0 Å². The molecule has 1 unspecified atom stereocenters. The van der Waals surface area contributed by atoms with Gasteiger partial charge in [-0.05, 0) is 56.2 Å². The average molecular weight is 1370 g/mol. The average Bonchev–Trinajstić information content (AvgIpc) is 1.68. The van der Waals surface area contributed by atoms with Crippen LogP contribution < -0.4 is 32.3 Å². The lowest BCUT2D eigenvalue weighted by Gasteiger charge is -2.29. The number of amides is 7. The van der Waals surface area contributed by atoms with Gasteiger partial charge in [0.25, 0.3) is 23.6 Å². The molecule has 2 aliphatic heterocycles. The molecule has 0 radical (unpaired) electrons. The van der Waals surface area contributed by atoms with Gasteiger partial charge in [-0.1, -0.05) is 49.4 Å². The van der Waals surface area contributed by atoms with Crippen molar-refractivity contribution in [3.63, 3.8) is 0 Å². The second kappa shape index (κ2) is 27.2. The molecule has 93 heavy (non-hydrogen) atoms. The highest BCUT2D eigenvalue weighted by atomic mass is 32.1. The molecule has 8 atom stereocenters. The number of phenols is 1. The Balaban J connectivity index is 0.994. The number of hydrogen-bond acceptors (Lipinski definition) is 25. The molecular weight excluding hydrogens is 1320 g/mol. The summed E-state index contributed by atoms with van der Waals surface area (Å²) in [7, 11) is 0. The van der Waals surface area contributed by atoms with Gasteiger partial charge in [-0.3, -0.25) is 38.4 Å². The fourth-order valence-corrected chi connectivity index (χ4v) is 15.6. The summed E-state index contributed by atoms with van der Waals surface area (Å²) in [5.74, 6) is -7.40. The lowest BCUT2D eigenvalue weighted by atomic mass is 9.98. The van der Waals surface area contributed by atoms with Gasteiger partial charge < -0.3 is 62.8 Å². The van der Waals surface area contributed by atoms with E-state index in [0.29, 0.717) is 43.0 Å². The Bertz CT molecular complexity index is 4350. The smallest absolute Gasteiger partial charge is 0.322 e. The maximum atomic E-state index is 15.2. The van der Waals surface area contributed by atoms with E-state index in [-0.39, 0.29) is 72.9 Å². The molecular formula is C60H56N14O13S6. The highest BCUT2D eigenvalue weighted by Crippen LogP contribution is 2.43. The lowest BCUT2D eigenvalue weighted by Crippen LogP contribution is -2.58. The number of carbonyl (C=O) groups is 8. The number of benzene rings is 2. The number of rotatable bonds is 13. The van der Waals surface area contributed by atoms with Gasteiger partial charge in [0, 0.05) is 56.2 Å². The van der Waals surface area contributed by atoms with E-state index in [1.54, 1.807) is 79.2 Å². The topological polar surface area (TPSA) is 417 Å². The molecule has 2 aliphatic rings. The van der Waals surface area contributed by atoms with Gasteiger partial charge >= 0.3 is 5.97 Å². The molecule has 12 N–H and O–H groups in total. The van der Waals surface area contributed by atoms with E-state index < -0.39 is 114 Å². The van der Waals surface area contributed by atoms with Crippen LogP contribution in [0, 0.1) is 12.8 Å². The second-order valence-corrected chi connectivity index (χ2v) is 27.8. The quantitative estimate of drug-likeness (QED) is 0.0692. The van der Waals surface area contributed by atoms with Gasteiger partial charge in [-0.15, -0.1) is 68.0 Å². The first-order valence-corrected chi connectivity index (χ1v) is 33.6. The number of aromatic hydroxyl groups is 1. The summed E-state index contributed by atoms with van der Waals surface area (Å²) in [4.78, 5) is 144. The first kappa shape index (κ1) is 65.3. The summed E-state index contributed by atoms with van der Waals surface area (Å²) in [5.41, 5.74) is 5.95. The SMILES string of the molecule is Cc1sc2nc1C(=O)N[C@@H]([C@H](O)c1ccccc1)c1nc(cs1)C(=O)NC(Cc1ccc(O)cc1)C(=O)N1C[C@H](O)[C@H](C)[C@H]1c1nc(cs1)-c1nc(cs1)-c1nc(-c3nc(C(=O)N[C@H](C(=O)NCC(=O)O)C(C)(C)O)cs3)ccc1-c1nc(cs1)C(=O)N[C@H]2CC(N)=O. The second-order valence-electron chi connectivity index (χ2n) is 22.2. The number of primary amides is 1. The van der Waals surface area contributed by atoms with Crippen molar-refractivity contribution in [3.05, 3.63) is 147 Å². The Morgan fingerprint density at radius 3 is 2.06 bits per heavy atom. The maximum Gasteiger partial charge on any atom is 0.322 e. The third kappa shape index (κ3) is 14.4. The zero-order valence-electron chi connectivity index (χ0n) is 49.3. The summed E-state index contributed by atoms with van der Waals surface area (Å²) in [6.07, 6.45) is -2.96. The molecule has 7 amide bonds. The summed E-state index contributed by atoms with van der Waals surface area (Å²) in [6, 6.07) is 11.7. The molecule has 9 aromatic rings. The van der Waals surface area contributed by atoms with Crippen molar-refractivity contribution in [3.8, 4) is 49.1 Å². The number of aliphatic hydroxyl groups excluding tert-OH is 2. The molecule has 480 valence electrons. The summed E-state index contributed by atoms with van der Waals surface area (Å²) < 4.78 is 0. The van der Waals surface area contributed by atoms with E-state index in [0.717, 1.165) is 45.3 Å². The van der Waals surface area contributed by atoms with Crippen LogP contribution in [-0.4, -0.2) is 150 Å². The predicted molar refractivity (Wildman–Crippen MR) is 344 cm³/mol. The zero-order valence-corrected chi connectivity index (χ0v) is 54.2. The summed E-state index contributed by atoms with van der Waals surface area (Å²) in [5, 5.41) is 76.2. The highest BCUT2D eigenvalue weighted by molar-refractivity contribution is 7.15. The highest BCUT2D eigenvalue weighted by Gasteiger charge is 2.46. The van der Waals surface area contributed by atoms with E-state index >= 15 is 4.79 Å². The number of nitrogens with one attached hydrogen (secondary N) is 5. The number of aliphatic carboxylic acids is 1. The standard InChI is InChI=1S/C60H56N14O13S6/c1-25-39(76)19-74-45(25)58-70-38(24-92-58)55-66-34(20-89-55)43-30(14-15-31(63-43)54-68-37(22-90-54)50(83)73-47(60(3,4)87)52(85)62-18-41(78)79)53-67-35(21-88-53)48(81)64-32(17-40(61)77)56-72-42(26(2)93-56)51(84)71-44(46(80)28-8-6-5-7-9-28)57-69-36(23-91-57)49(82)65-33(59(74)86)16-27-10-12-29(75)13-11-27/h5-15,20-25,32-33,39,44-47,75-76,80,87H,16-19H2,1-4H3,(H2,61,77)(H,62,85)(H,64,81)(H,65,82)(H,71,84)(H,73,83)(H,78,79)/t25-,32-,33?,39-,44-,45-,46+,47+/m0/s1. The van der Waals surface area contributed by atoms with Crippen molar-refractivity contribution in [1.29, 1.82) is 0 Å². The molecule has 11 rings (SSSR count). The number of aliphatic hydroxyl groups is 3. The van der Waals surface area contributed by atoms with E-state index in [9.17, 15) is 54.0 Å². The van der Waals surface area contributed by atoms with Crippen molar-refractivity contribution in [2.24, 2.45) is 11.7 Å². The third-order valence-electron chi connectivity index (χ3n) is 15.1. The maximum absolute atomic E-state index is 15.2. The molecule has 1 fully saturated rings. The zero-order chi connectivity index (χ0) is 66.2. The number of aromatic nitrogens is 7. The predicted octanol–water partition coefficient (Wildman–Crippen LogP) is 5.36. The van der Waals surface area contributed by atoms with Gasteiger partial charge in [0.1, 0.15) is 106 Å². The van der Waals surface area contributed by atoms with Crippen LogP contribution in [0.5, 0.6) is 5.75 Å². The Labute approximate surface area is 551 Å². The number of nitrogens with two attached hydrogens (primary N) is 1. The lowest BCUT2D eigenvalue weighted by molar-refractivity contribution is -0.139. The van der Waals surface area contributed by atoms with Crippen molar-refractivity contribution in [2.45, 2.75) is 88.6 Å². The van der Waals surface area contributed by atoms with Crippen LogP contribution in [0.4, 0.5) is 0 Å².